The van der Waals surface area contributed by atoms with Gasteiger partial charge in [-0.1, -0.05) is 46.9 Å². The van der Waals surface area contributed by atoms with Crippen molar-refractivity contribution in [3.05, 3.63) is 68.8 Å². The normalized spacial score (nSPS) is 16.1. The van der Waals surface area contributed by atoms with Crippen LogP contribution in [0.4, 0.5) is 0 Å². The van der Waals surface area contributed by atoms with Gasteiger partial charge in [-0.2, -0.15) is 5.10 Å². The molecule has 0 spiro atoms. The van der Waals surface area contributed by atoms with Gasteiger partial charge in [-0.25, -0.2) is 18.1 Å². The molecule has 1 saturated heterocycles. The van der Waals surface area contributed by atoms with Gasteiger partial charge < -0.3 is 0 Å². The maximum absolute atomic E-state index is 13.1. The topological polar surface area (TPSA) is 84.3 Å². The predicted molar refractivity (Wildman–Crippen MR) is 126 cm³/mol. The molecule has 0 radical (unpaired) electrons. The fraction of sp³-hybridized carbons (Fsp3) is 0.238. The summed E-state index contributed by atoms with van der Waals surface area (Å²) >= 11 is 18.5. The van der Waals surface area contributed by atoms with Crippen molar-refractivity contribution >= 4 is 50.5 Å². The third kappa shape index (κ3) is 4.79. The zero-order valence-corrected chi connectivity index (χ0v) is 20.1. The number of nitrogens with one attached hydrogen (secondary N) is 1. The third-order valence-electron chi connectivity index (χ3n) is 5.20. The first kappa shape index (κ1) is 23.1. The summed E-state index contributed by atoms with van der Waals surface area (Å²) in [5.74, 6) is -0.436. The SMILES string of the molecule is Cc1c(C(=O)NN2CCS(=O)(=O)CC2)nn(-c2ccc(Cl)cc2Cl)c1-c1ccc(Cl)cc1. The van der Waals surface area contributed by atoms with Crippen molar-refractivity contribution < 1.29 is 13.2 Å². The van der Waals surface area contributed by atoms with Gasteiger partial charge in [-0.05, 0) is 37.3 Å². The van der Waals surface area contributed by atoms with Crippen LogP contribution in [0.15, 0.2) is 42.5 Å². The van der Waals surface area contributed by atoms with Crippen LogP contribution in [0.2, 0.25) is 15.1 Å². The number of hydrogen-bond donors (Lipinski definition) is 1. The highest BCUT2D eigenvalue weighted by molar-refractivity contribution is 7.91. The lowest BCUT2D eigenvalue weighted by atomic mass is 10.1. The molecular weight excluding hydrogens is 495 g/mol. The van der Waals surface area contributed by atoms with Crippen molar-refractivity contribution in [3.8, 4) is 16.9 Å². The molecule has 4 rings (SSSR count). The number of benzene rings is 2. The Labute approximate surface area is 200 Å². The summed E-state index contributed by atoms with van der Waals surface area (Å²) < 4.78 is 24.9. The Morgan fingerprint density at radius 1 is 1.00 bits per heavy atom. The largest absolute Gasteiger partial charge is 0.286 e. The van der Waals surface area contributed by atoms with Gasteiger partial charge in [0, 0.05) is 34.3 Å². The number of hydrogen-bond acceptors (Lipinski definition) is 5. The molecule has 168 valence electrons. The van der Waals surface area contributed by atoms with Gasteiger partial charge in [0.2, 0.25) is 0 Å². The van der Waals surface area contributed by atoms with Gasteiger partial charge in [-0.3, -0.25) is 10.2 Å². The third-order valence-corrected chi connectivity index (χ3v) is 7.60. The predicted octanol–water partition coefficient (Wildman–Crippen LogP) is 4.18. The Kier molecular flexibility index (Phi) is 6.51. The van der Waals surface area contributed by atoms with E-state index in [1.165, 1.54) is 0 Å². The van der Waals surface area contributed by atoms with Gasteiger partial charge in [0.25, 0.3) is 5.91 Å². The van der Waals surface area contributed by atoms with Crippen LogP contribution in [-0.2, 0) is 9.84 Å². The average molecular weight is 514 g/mol. The first-order chi connectivity index (χ1) is 15.1. The van der Waals surface area contributed by atoms with Gasteiger partial charge in [0.05, 0.1) is 27.9 Å². The molecule has 1 N–H and O–H groups in total. The summed E-state index contributed by atoms with van der Waals surface area (Å²) in [4.78, 5) is 13.1. The van der Waals surface area contributed by atoms with Crippen molar-refractivity contribution in [2.75, 3.05) is 24.6 Å². The Balaban J connectivity index is 1.75. The monoisotopic (exact) mass is 512 g/mol. The first-order valence-corrected chi connectivity index (χ1v) is 12.7. The molecular formula is C21H19Cl3N4O3S. The van der Waals surface area contributed by atoms with Crippen LogP contribution in [0.5, 0.6) is 0 Å². The van der Waals surface area contributed by atoms with E-state index in [2.05, 4.69) is 10.5 Å². The number of halogens is 3. The minimum absolute atomic E-state index is 0.00287. The molecule has 1 aliphatic heterocycles. The van der Waals surface area contributed by atoms with Crippen molar-refractivity contribution in [2.24, 2.45) is 0 Å². The molecule has 2 heterocycles. The molecule has 1 aromatic heterocycles. The molecule has 0 atom stereocenters. The van der Waals surface area contributed by atoms with Crippen LogP contribution in [0, 0.1) is 6.92 Å². The zero-order chi connectivity index (χ0) is 23.0. The summed E-state index contributed by atoms with van der Waals surface area (Å²) in [7, 11) is -3.06. The number of carbonyl (C=O) groups excluding carboxylic acids is 1. The highest BCUT2D eigenvalue weighted by Gasteiger charge is 2.27. The van der Waals surface area contributed by atoms with Crippen molar-refractivity contribution in [2.45, 2.75) is 6.92 Å². The fourth-order valence-electron chi connectivity index (χ4n) is 3.51. The van der Waals surface area contributed by atoms with Crippen LogP contribution >= 0.6 is 34.8 Å². The average Bonchev–Trinajstić information content (AvgIpc) is 3.07. The van der Waals surface area contributed by atoms with Gasteiger partial charge >= 0.3 is 0 Å². The number of sulfone groups is 1. The molecule has 7 nitrogen and oxygen atoms in total. The molecule has 0 saturated carbocycles. The number of amides is 1. The van der Waals surface area contributed by atoms with Gasteiger partial charge in [0.1, 0.15) is 0 Å². The molecule has 3 aromatic rings. The number of aromatic nitrogens is 2. The second kappa shape index (κ2) is 9.03. The van der Waals surface area contributed by atoms with Crippen LogP contribution in [0.1, 0.15) is 16.1 Å². The molecule has 0 aliphatic carbocycles. The fourth-order valence-corrected chi connectivity index (χ4v) is 5.32. The molecule has 0 unspecified atom stereocenters. The lowest BCUT2D eigenvalue weighted by molar-refractivity contribution is 0.0795. The lowest BCUT2D eigenvalue weighted by Crippen LogP contribution is -2.50. The van der Waals surface area contributed by atoms with E-state index in [4.69, 9.17) is 34.8 Å². The van der Waals surface area contributed by atoms with Crippen molar-refractivity contribution in [3.63, 3.8) is 0 Å². The Hall–Kier alpha value is -2.10. The van der Waals surface area contributed by atoms with Gasteiger partial charge in [0.15, 0.2) is 15.5 Å². The molecule has 0 bridgehead atoms. The Morgan fingerprint density at radius 3 is 2.25 bits per heavy atom. The Morgan fingerprint density at radius 2 is 1.62 bits per heavy atom. The van der Waals surface area contributed by atoms with Crippen LogP contribution in [-0.4, -0.2) is 53.7 Å². The number of carbonyl (C=O) groups is 1. The summed E-state index contributed by atoms with van der Waals surface area (Å²) in [6.45, 7) is 2.24. The van der Waals surface area contributed by atoms with Crippen LogP contribution in [0.3, 0.4) is 0 Å². The zero-order valence-electron chi connectivity index (χ0n) is 17.0. The second-order valence-corrected chi connectivity index (χ2v) is 11.0. The highest BCUT2D eigenvalue weighted by atomic mass is 35.5. The van der Waals surface area contributed by atoms with E-state index in [1.807, 2.05) is 12.1 Å². The molecule has 1 amide bonds. The van der Waals surface area contributed by atoms with E-state index in [1.54, 1.807) is 46.9 Å². The van der Waals surface area contributed by atoms with E-state index in [9.17, 15) is 13.2 Å². The summed E-state index contributed by atoms with van der Waals surface area (Å²) in [6.07, 6.45) is 0. The van der Waals surface area contributed by atoms with Crippen molar-refractivity contribution in [1.29, 1.82) is 0 Å². The lowest BCUT2D eigenvalue weighted by Gasteiger charge is -2.26. The van der Waals surface area contributed by atoms with E-state index >= 15 is 0 Å². The molecule has 11 heteroatoms. The number of rotatable bonds is 4. The summed E-state index contributed by atoms with van der Waals surface area (Å²) in [6, 6.07) is 12.2. The van der Waals surface area contributed by atoms with Crippen LogP contribution in [0.25, 0.3) is 16.9 Å². The van der Waals surface area contributed by atoms with E-state index in [0.717, 1.165) is 5.56 Å². The van der Waals surface area contributed by atoms with Crippen molar-refractivity contribution in [1.82, 2.24) is 20.2 Å². The maximum atomic E-state index is 13.1. The maximum Gasteiger partial charge on any atom is 0.286 e. The van der Waals surface area contributed by atoms with Gasteiger partial charge in [-0.15, -0.1) is 0 Å². The number of nitrogens with zero attached hydrogens (tertiary/aromatic N) is 3. The van der Waals surface area contributed by atoms with Crippen LogP contribution < -0.4 is 5.43 Å². The van der Waals surface area contributed by atoms with E-state index in [0.29, 0.717) is 32.0 Å². The Bertz CT molecular complexity index is 1280. The van der Waals surface area contributed by atoms with E-state index in [-0.39, 0.29) is 30.3 Å². The summed E-state index contributed by atoms with van der Waals surface area (Å²) in [5, 5.41) is 7.60. The molecule has 32 heavy (non-hydrogen) atoms. The minimum Gasteiger partial charge on any atom is -0.283 e. The minimum atomic E-state index is -3.06. The van der Waals surface area contributed by atoms with E-state index < -0.39 is 15.7 Å². The molecule has 1 fully saturated rings. The standard InChI is InChI=1S/C21H19Cl3N4O3S/c1-13-19(21(29)26-27-8-10-32(30,31)11-9-27)25-28(18-7-6-16(23)12-17(18)24)20(13)14-2-4-15(22)5-3-14/h2-7,12H,8-11H2,1H3,(H,26,29). The number of hydrazine groups is 1. The quantitative estimate of drug-likeness (QED) is 0.566. The molecule has 2 aromatic carbocycles. The summed E-state index contributed by atoms with van der Waals surface area (Å²) in [5.41, 5.74) is 5.65. The smallest absolute Gasteiger partial charge is 0.283 e. The first-order valence-electron chi connectivity index (χ1n) is 9.72. The highest BCUT2D eigenvalue weighted by Crippen LogP contribution is 2.33. The molecule has 1 aliphatic rings. The second-order valence-electron chi connectivity index (χ2n) is 7.42.